The molecule has 2 heterocycles. The summed E-state index contributed by atoms with van der Waals surface area (Å²) in [7, 11) is 0. The highest BCUT2D eigenvalue weighted by atomic mass is 16.1. The summed E-state index contributed by atoms with van der Waals surface area (Å²) in [6.07, 6.45) is 4.96. The zero-order valence-corrected chi connectivity index (χ0v) is 13.4. The third kappa shape index (κ3) is 3.50. The summed E-state index contributed by atoms with van der Waals surface area (Å²) < 4.78 is 2.27. The number of fused-ring (bicyclic) bond motifs is 1. The van der Waals surface area contributed by atoms with Crippen molar-refractivity contribution in [2.45, 2.75) is 45.7 Å². The first kappa shape index (κ1) is 15.1. The van der Waals surface area contributed by atoms with Crippen LogP contribution in [0.2, 0.25) is 0 Å². The molecular formula is C18H25N3O. The minimum atomic E-state index is 0.0976. The maximum Gasteiger partial charge on any atom is 0.225 e. The molecule has 1 saturated heterocycles. The van der Waals surface area contributed by atoms with Crippen LogP contribution in [-0.2, 0) is 11.3 Å². The van der Waals surface area contributed by atoms with Crippen molar-refractivity contribution < 1.29 is 4.79 Å². The molecule has 2 aromatic rings. The van der Waals surface area contributed by atoms with Crippen LogP contribution >= 0.6 is 0 Å². The van der Waals surface area contributed by atoms with E-state index in [9.17, 15) is 4.79 Å². The quantitative estimate of drug-likeness (QED) is 0.889. The van der Waals surface area contributed by atoms with Gasteiger partial charge in [-0.3, -0.25) is 4.79 Å². The molecule has 4 nitrogen and oxygen atoms in total. The number of hydrogen-bond acceptors (Lipinski definition) is 2. The molecule has 0 spiro atoms. The number of carbonyl (C=O) groups excluding carboxylic acids is 1. The predicted molar refractivity (Wildman–Crippen MR) is 91.0 cm³/mol. The van der Waals surface area contributed by atoms with Gasteiger partial charge in [0, 0.05) is 41.8 Å². The lowest BCUT2D eigenvalue weighted by Gasteiger charge is -2.11. The van der Waals surface area contributed by atoms with Crippen molar-refractivity contribution in [2.75, 3.05) is 11.9 Å². The molecule has 2 N–H and O–H groups in total. The van der Waals surface area contributed by atoms with E-state index in [0.717, 1.165) is 25.2 Å². The number of amides is 1. The van der Waals surface area contributed by atoms with Gasteiger partial charge in [0.1, 0.15) is 0 Å². The van der Waals surface area contributed by atoms with Gasteiger partial charge < -0.3 is 15.2 Å². The lowest BCUT2D eigenvalue weighted by Crippen LogP contribution is -2.27. The van der Waals surface area contributed by atoms with E-state index >= 15 is 0 Å². The summed E-state index contributed by atoms with van der Waals surface area (Å²) in [5, 5.41) is 7.56. The van der Waals surface area contributed by atoms with Gasteiger partial charge in [-0.25, -0.2) is 0 Å². The van der Waals surface area contributed by atoms with Crippen molar-refractivity contribution >= 4 is 22.5 Å². The highest BCUT2D eigenvalue weighted by Gasteiger charge is 2.17. The third-order valence-electron chi connectivity index (χ3n) is 4.21. The number of nitrogens with one attached hydrogen (secondary N) is 2. The third-order valence-corrected chi connectivity index (χ3v) is 4.21. The second kappa shape index (κ2) is 6.53. The first-order valence-electron chi connectivity index (χ1n) is 8.24. The van der Waals surface area contributed by atoms with Crippen molar-refractivity contribution in [3.8, 4) is 0 Å². The van der Waals surface area contributed by atoms with Gasteiger partial charge in [-0.05, 0) is 49.6 Å². The van der Waals surface area contributed by atoms with Gasteiger partial charge in [0.15, 0.2) is 0 Å². The van der Waals surface area contributed by atoms with Crippen LogP contribution in [0.15, 0.2) is 30.5 Å². The van der Waals surface area contributed by atoms with Gasteiger partial charge in [-0.15, -0.1) is 0 Å². The Hall–Kier alpha value is -1.81. The highest BCUT2D eigenvalue weighted by molar-refractivity contribution is 5.94. The zero-order chi connectivity index (χ0) is 15.5. The van der Waals surface area contributed by atoms with Crippen LogP contribution < -0.4 is 10.6 Å². The number of benzene rings is 1. The molecule has 1 amide bonds. The molecule has 0 aliphatic carbocycles. The van der Waals surface area contributed by atoms with Gasteiger partial charge in [-0.1, -0.05) is 13.8 Å². The number of rotatable bonds is 5. The van der Waals surface area contributed by atoms with Gasteiger partial charge in [0.05, 0.1) is 0 Å². The maximum absolute atomic E-state index is 12.1. The fraction of sp³-hybridized carbons (Fsp3) is 0.500. The average Bonchev–Trinajstić information content (AvgIpc) is 3.08. The summed E-state index contributed by atoms with van der Waals surface area (Å²) in [6.45, 7) is 6.49. The molecule has 22 heavy (non-hydrogen) atoms. The van der Waals surface area contributed by atoms with Crippen LogP contribution in [0.25, 0.3) is 10.9 Å². The van der Waals surface area contributed by atoms with Crippen LogP contribution in [0, 0.1) is 5.92 Å². The van der Waals surface area contributed by atoms with Crippen molar-refractivity contribution in [1.29, 1.82) is 0 Å². The first-order chi connectivity index (χ1) is 10.6. The summed E-state index contributed by atoms with van der Waals surface area (Å²) in [6, 6.07) is 8.62. The second-order valence-electron chi connectivity index (χ2n) is 6.68. The van der Waals surface area contributed by atoms with E-state index < -0.39 is 0 Å². The Kier molecular flexibility index (Phi) is 4.48. The van der Waals surface area contributed by atoms with Gasteiger partial charge in [0.2, 0.25) is 5.91 Å². The number of carbonyl (C=O) groups is 1. The smallest absolute Gasteiger partial charge is 0.225 e. The summed E-state index contributed by atoms with van der Waals surface area (Å²) in [4.78, 5) is 12.1. The summed E-state index contributed by atoms with van der Waals surface area (Å²) in [5.74, 6) is 0.717. The van der Waals surface area contributed by atoms with Crippen LogP contribution in [-0.4, -0.2) is 23.1 Å². The molecule has 118 valence electrons. The standard InChI is InChI=1S/C18H25N3O/c1-13(2)12-21-9-7-14-10-16(5-6-17(14)21)20-18(22)11-15-4-3-8-19-15/h5-7,9-10,13,15,19H,3-4,8,11-12H2,1-2H3,(H,20,22). The fourth-order valence-electron chi connectivity index (χ4n) is 3.20. The largest absolute Gasteiger partial charge is 0.347 e. The zero-order valence-electron chi connectivity index (χ0n) is 13.4. The molecule has 0 radical (unpaired) electrons. The lowest BCUT2D eigenvalue weighted by molar-refractivity contribution is -0.116. The number of anilines is 1. The molecule has 4 heteroatoms. The predicted octanol–water partition coefficient (Wildman–Crippen LogP) is 3.38. The Balaban J connectivity index is 1.68. The average molecular weight is 299 g/mol. The maximum atomic E-state index is 12.1. The van der Waals surface area contributed by atoms with E-state index in [2.05, 4.69) is 53.4 Å². The van der Waals surface area contributed by atoms with Crippen molar-refractivity contribution in [1.82, 2.24) is 9.88 Å². The Morgan fingerprint density at radius 3 is 3.00 bits per heavy atom. The van der Waals surface area contributed by atoms with Crippen molar-refractivity contribution in [3.05, 3.63) is 30.5 Å². The van der Waals surface area contributed by atoms with E-state index in [1.54, 1.807) is 0 Å². The highest BCUT2D eigenvalue weighted by Crippen LogP contribution is 2.22. The van der Waals surface area contributed by atoms with Crippen molar-refractivity contribution in [2.24, 2.45) is 5.92 Å². The Morgan fingerprint density at radius 1 is 1.41 bits per heavy atom. The SMILES string of the molecule is CC(C)Cn1ccc2cc(NC(=O)CC3CCCN3)ccc21. The Bertz CT molecular complexity index is 653. The molecule has 1 aromatic carbocycles. The van der Waals surface area contributed by atoms with E-state index in [1.807, 2.05) is 6.07 Å². The van der Waals surface area contributed by atoms with Crippen LogP contribution in [0.3, 0.4) is 0 Å². The Labute approximate surface area is 131 Å². The second-order valence-corrected chi connectivity index (χ2v) is 6.68. The molecule has 1 aliphatic rings. The molecule has 1 aliphatic heterocycles. The Morgan fingerprint density at radius 2 is 2.27 bits per heavy atom. The van der Waals surface area contributed by atoms with Crippen molar-refractivity contribution in [3.63, 3.8) is 0 Å². The van der Waals surface area contributed by atoms with Gasteiger partial charge in [0.25, 0.3) is 0 Å². The number of nitrogens with zero attached hydrogens (tertiary/aromatic N) is 1. The lowest BCUT2D eigenvalue weighted by atomic mass is 10.1. The molecule has 0 bridgehead atoms. The number of hydrogen-bond donors (Lipinski definition) is 2. The monoisotopic (exact) mass is 299 g/mol. The molecule has 1 fully saturated rings. The first-order valence-corrected chi connectivity index (χ1v) is 8.24. The number of aromatic nitrogens is 1. The minimum absolute atomic E-state index is 0.0976. The van der Waals surface area contributed by atoms with E-state index in [4.69, 9.17) is 0 Å². The molecule has 0 saturated carbocycles. The van der Waals surface area contributed by atoms with Crippen LogP contribution in [0.5, 0.6) is 0 Å². The van der Waals surface area contributed by atoms with Gasteiger partial charge in [-0.2, -0.15) is 0 Å². The van der Waals surface area contributed by atoms with Gasteiger partial charge >= 0.3 is 0 Å². The summed E-state index contributed by atoms with van der Waals surface area (Å²) in [5.41, 5.74) is 2.11. The van der Waals surface area contributed by atoms with E-state index in [0.29, 0.717) is 18.4 Å². The molecule has 1 atom stereocenters. The van der Waals surface area contributed by atoms with Crippen LogP contribution in [0.4, 0.5) is 5.69 Å². The van der Waals surface area contributed by atoms with Crippen LogP contribution in [0.1, 0.15) is 33.1 Å². The molecule has 1 unspecified atom stereocenters. The van der Waals surface area contributed by atoms with E-state index in [-0.39, 0.29) is 5.91 Å². The summed E-state index contributed by atoms with van der Waals surface area (Å²) >= 11 is 0. The molecular weight excluding hydrogens is 274 g/mol. The molecule has 3 rings (SSSR count). The normalized spacial score (nSPS) is 18.2. The molecule has 1 aromatic heterocycles. The topological polar surface area (TPSA) is 46.1 Å². The fourth-order valence-corrected chi connectivity index (χ4v) is 3.20. The van der Waals surface area contributed by atoms with E-state index in [1.165, 1.54) is 17.3 Å². The minimum Gasteiger partial charge on any atom is -0.347 e.